The minimum absolute atomic E-state index is 0.0256. The quantitative estimate of drug-likeness (QED) is 0.772. The molecule has 126 valence electrons. The number of aryl methyl sites for hydroxylation is 1. The second-order valence-electron chi connectivity index (χ2n) is 5.29. The van der Waals surface area contributed by atoms with E-state index in [2.05, 4.69) is 14.7 Å². The number of pyridine rings is 1. The first-order valence-corrected chi connectivity index (χ1v) is 8.88. The molecular formula is C17H15N5O2S. The van der Waals surface area contributed by atoms with Gasteiger partial charge in [0.25, 0.3) is 0 Å². The lowest BCUT2D eigenvalue weighted by molar-refractivity contribution is 0.588. The molecule has 1 aromatic carbocycles. The molecule has 3 aromatic rings. The molecule has 0 fully saturated rings. The summed E-state index contributed by atoms with van der Waals surface area (Å²) >= 11 is 0. The van der Waals surface area contributed by atoms with E-state index in [9.17, 15) is 8.42 Å². The van der Waals surface area contributed by atoms with Crippen molar-refractivity contribution in [2.45, 2.75) is 4.90 Å². The highest BCUT2D eigenvalue weighted by Gasteiger charge is 2.23. The Bertz CT molecular complexity index is 1070. The van der Waals surface area contributed by atoms with Gasteiger partial charge in [0.2, 0.25) is 10.0 Å². The standard InChI is InChI=1S/C17H15N5O2S/c1-19-25(23,24)15-9-8-13(10-18)20-16(15)17-21-14(11-22(17)2)12-6-4-3-5-7-12/h3-9,11,19H,1-2H3. The van der Waals surface area contributed by atoms with Crippen LogP contribution in [0.1, 0.15) is 5.69 Å². The van der Waals surface area contributed by atoms with E-state index in [1.165, 1.54) is 19.2 Å². The average Bonchev–Trinajstić information content (AvgIpc) is 3.03. The van der Waals surface area contributed by atoms with Gasteiger partial charge in [-0.05, 0) is 19.2 Å². The molecule has 0 amide bonds. The van der Waals surface area contributed by atoms with E-state index in [0.717, 1.165) is 5.56 Å². The Kier molecular flexibility index (Phi) is 4.35. The average molecular weight is 353 g/mol. The summed E-state index contributed by atoms with van der Waals surface area (Å²) in [5, 5.41) is 9.11. The van der Waals surface area contributed by atoms with Crippen molar-refractivity contribution in [1.29, 1.82) is 5.26 Å². The molecule has 7 nitrogen and oxygen atoms in total. The second kappa shape index (κ2) is 6.47. The Morgan fingerprint density at radius 1 is 1.12 bits per heavy atom. The van der Waals surface area contributed by atoms with Crippen LogP contribution >= 0.6 is 0 Å². The normalized spacial score (nSPS) is 11.2. The minimum atomic E-state index is -3.75. The highest BCUT2D eigenvalue weighted by atomic mass is 32.2. The smallest absolute Gasteiger partial charge is 0.242 e. The topological polar surface area (TPSA) is 101 Å². The van der Waals surface area contributed by atoms with E-state index in [0.29, 0.717) is 11.5 Å². The van der Waals surface area contributed by atoms with Gasteiger partial charge in [0.1, 0.15) is 22.4 Å². The molecule has 0 aliphatic carbocycles. The van der Waals surface area contributed by atoms with Crippen molar-refractivity contribution in [2.24, 2.45) is 7.05 Å². The third-order valence-corrected chi connectivity index (χ3v) is 5.13. The highest BCUT2D eigenvalue weighted by Crippen LogP contribution is 2.27. The van der Waals surface area contributed by atoms with Crippen molar-refractivity contribution in [3.63, 3.8) is 0 Å². The van der Waals surface area contributed by atoms with Crippen LogP contribution in [-0.2, 0) is 17.1 Å². The zero-order chi connectivity index (χ0) is 18.0. The number of nitrogens with one attached hydrogen (secondary N) is 1. The van der Waals surface area contributed by atoms with Crippen LogP contribution in [0.2, 0.25) is 0 Å². The van der Waals surface area contributed by atoms with Gasteiger partial charge in [0, 0.05) is 18.8 Å². The van der Waals surface area contributed by atoms with Crippen LogP contribution in [-0.4, -0.2) is 30.0 Å². The summed E-state index contributed by atoms with van der Waals surface area (Å²) in [5.41, 5.74) is 1.85. The fourth-order valence-electron chi connectivity index (χ4n) is 2.43. The molecule has 0 saturated heterocycles. The summed E-state index contributed by atoms with van der Waals surface area (Å²) in [4.78, 5) is 8.69. The van der Waals surface area contributed by atoms with Gasteiger partial charge in [-0.1, -0.05) is 30.3 Å². The molecule has 0 unspecified atom stereocenters. The van der Waals surface area contributed by atoms with Crippen LogP contribution in [0.3, 0.4) is 0 Å². The highest BCUT2D eigenvalue weighted by molar-refractivity contribution is 7.89. The number of aromatic nitrogens is 3. The predicted octanol–water partition coefficient (Wildman–Crippen LogP) is 1.93. The van der Waals surface area contributed by atoms with E-state index in [1.807, 2.05) is 36.4 Å². The lowest BCUT2D eigenvalue weighted by atomic mass is 10.2. The van der Waals surface area contributed by atoms with Crippen molar-refractivity contribution >= 4 is 10.0 Å². The Balaban J connectivity index is 2.23. The molecule has 25 heavy (non-hydrogen) atoms. The Hall–Kier alpha value is -3.02. The van der Waals surface area contributed by atoms with E-state index in [4.69, 9.17) is 5.26 Å². The van der Waals surface area contributed by atoms with Gasteiger partial charge in [-0.15, -0.1) is 0 Å². The van der Waals surface area contributed by atoms with Crippen molar-refractivity contribution < 1.29 is 8.42 Å². The number of hydrogen-bond acceptors (Lipinski definition) is 5. The molecule has 0 radical (unpaired) electrons. The lowest BCUT2D eigenvalue weighted by Gasteiger charge is -2.09. The SMILES string of the molecule is CNS(=O)(=O)c1ccc(C#N)nc1-c1nc(-c2ccccc2)cn1C. The van der Waals surface area contributed by atoms with E-state index in [1.54, 1.807) is 17.8 Å². The van der Waals surface area contributed by atoms with Crippen LogP contribution in [0.4, 0.5) is 0 Å². The fraction of sp³-hybridized carbons (Fsp3) is 0.118. The van der Waals surface area contributed by atoms with Crippen molar-refractivity contribution in [3.8, 4) is 28.8 Å². The summed E-state index contributed by atoms with van der Waals surface area (Å²) in [6.45, 7) is 0. The predicted molar refractivity (Wildman–Crippen MR) is 92.8 cm³/mol. The fourth-order valence-corrected chi connectivity index (χ4v) is 3.29. The Labute approximate surface area is 145 Å². The number of nitrogens with zero attached hydrogens (tertiary/aromatic N) is 4. The molecule has 0 bridgehead atoms. The van der Waals surface area contributed by atoms with Crippen molar-refractivity contribution in [3.05, 3.63) is 54.4 Å². The maximum atomic E-state index is 12.3. The largest absolute Gasteiger partial charge is 0.332 e. The van der Waals surface area contributed by atoms with Crippen molar-refractivity contribution in [1.82, 2.24) is 19.3 Å². The molecule has 0 aliphatic rings. The number of nitriles is 1. The van der Waals surface area contributed by atoms with Crippen LogP contribution < -0.4 is 4.72 Å². The molecule has 2 aromatic heterocycles. The number of benzene rings is 1. The molecule has 8 heteroatoms. The Morgan fingerprint density at radius 3 is 2.48 bits per heavy atom. The molecular weight excluding hydrogens is 338 g/mol. The van der Waals surface area contributed by atoms with Gasteiger partial charge in [-0.2, -0.15) is 5.26 Å². The lowest BCUT2D eigenvalue weighted by Crippen LogP contribution is -2.20. The number of rotatable bonds is 4. The molecule has 0 atom stereocenters. The number of hydrogen-bond donors (Lipinski definition) is 1. The first kappa shape index (κ1) is 16.8. The minimum Gasteiger partial charge on any atom is -0.332 e. The van der Waals surface area contributed by atoms with Gasteiger partial charge in [-0.3, -0.25) is 0 Å². The van der Waals surface area contributed by atoms with Crippen LogP contribution in [0, 0.1) is 11.3 Å². The zero-order valence-corrected chi connectivity index (χ0v) is 14.4. The third kappa shape index (κ3) is 3.15. The van der Waals surface area contributed by atoms with Gasteiger partial charge >= 0.3 is 0 Å². The summed E-state index contributed by atoms with van der Waals surface area (Å²) < 4.78 is 28.6. The second-order valence-corrected chi connectivity index (χ2v) is 7.14. The van der Waals surface area contributed by atoms with Crippen LogP contribution in [0.5, 0.6) is 0 Å². The molecule has 0 saturated carbocycles. The van der Waals surface area contributed by atoms with E-state index < -0.39 is 10.0 Å². The van der Waals surface area contributed by atoms with Crippen LogP contribution in [0.25, 0.3) is 22.8 Å². The molecule has 0 aliphatic heterocycles. The molecule has 3 rings (SSSR count). The van der Waals surface area contributed by atoms with Gasteiger partial charge in [0.05, 0.1) is 5.69 Å². The monoisotopic (exact) mass is 353 g/mol. The summed E-state index contributed by atoms with van der Waals surface area (Å²) in [6, 6.07) is 14.2. The molecule has 0 spiro atoms. The van der Waals surface area contributed by atoms with Gasteiger partial charge < -0.3 is 4.57 Å². The van der Waals surface area contributed by atoms with Crippen LogP contribution in [0.15, 0.2) is 53.6 Å². The maximum absolute atomic E-state index is 12.3. The molecule has 1 N–H and O–H groups in total. The maximum Gasteiger partial charge on any atom is 0.242 e. The first-order valence-electron chi connectivity index (χ1n) is 7.40. The Morgan fingerprint density at radius 2 is 1.84 bits per heavy atom. The molecule has 2 heterocycles. The van der Waals surface area contributed by atoms with Gasteiger partial charge in [-0.25, -0.2) is 23.1 Å². The number of sulfonamides is 1. The summed E-state index contributed by atoms with van der Waals surface area (Å²) in [7, 11) is -0.670. The summed E-state index contributed by atoms with van der Waals surface area (Å²) in [6.07, 6.45) is 1.79. The van der Waals surface area contributed by atoms with Crippen molar-refractivity contribution in [2.75, 3.05) is 7.05 Å². The van der Waals surface area contributed by atoms with Gasteiger partial charge in [0.15, 0.2) is 5.82 Å². The number of imidazole rings is 1. The summed E-state index contributed by atoms with van der Waals surface area (Å²) in [5.74, 6) is 0.366. The zero-order valence-electron chi connectivity index (χ0n) is 13.6. The third-order valence-electron chi connectivity index (χ3n) is 3.69. The van der Waals surface area contributed by atoms with E-state index >= 15 is 0 Å². The first-order chi connectivity index (χ1) is 12.0. The van der Waals surface area contributed by atoms with E-state index in [-0.39, 0.29) is 16.3 Å².